The van der Waals surface area contributed by atoms with Crippen molar-refractivity contribution in [2.24, 2.45) is 17.1 Å². The third-order valence-corrected chi connectivity index (χ3v) is 5.07. The summed E-state index contributed by atoms with van der Waals surface area (Å²) < 4.78 is 0. The van der Waals surface area contributed by atoms with Gasteiger partial charge in [0.1, 0.15) is 0 Å². The molecule has 0 radical (unpaired) electrons. The van der Waals surface area contributed by atoms with Gasteiger partial charge in [0.15, 0.2) is 0 Å². The molecule has 0 bridgehead atoms. The highest BCUT2D eigenvalue weighted by atomic mass is 16.1. The smallest absolute Gasteiger partial charge is 0.237 e. The molecule has 2 aliphatic rings. The minimum atomic E-state index is -0.541. The van der Waals surface area contributed by atoms with Crippen molar-refractivity contribution >= 4 is 5.91 Å². The molecule has 2 unspecified atom stereocenters. The van der Waals surface area contributed by atoms with Crippen LogP contribution in [-0.4, -0.2) is 42.0 Å². The standard InChI is InChI=1S/C16H31N3O/c1-15(2,3)12-7-9-19(11-12)10-8-16(4,14(17)20)18-13-5-6-13/h12-13,18H,5-11H2,1-4H3,(H2,17,20). The topological polar surface area (TPSA) is 58.4 Å². The molecule has 1 aliphatic carbocycles. The van der Waals surface area contributed by atoms with Gasteiger partial charge in [0.05, 0.1) is 5.54 Å². The number of nitrogens with two attached hydrogens (primary N) is 1. The van der Waals surface area contributed by atoms with Crippen molar-refractivity contribution in [3.05, 3.63) is 0 Å². The van der Waals surface area contributed by atoms with Gasteiger partial charge in [0.25, 0.3) is 0 Å². The van der Waals surface area contributed by atoms with Crippen molar-refractivity contribution in [3.63, 3.8) is 0 Å². The molecule has 2 fully saturated rings. The summed E-state index contributed by atoms with van der Waals surface area (Å²) in [5, 5.41) is 3.43. The number of likely N-dealkylation sites (tertiary alicyclic amines) is 1. The van der Waals surface area contributed by atoms with E-state index in [1.165, 1.54) is 19.3 Å². The van der Waals surface area contributed by atoms with Gasteiger partial charge in [0.2, 0.25) is 5.91 Å². The first-order chi connectivity index (χ1) is 9.21. The average molecular weight is 281 g/mol. The Kier molecular flexibility index (Phi) is 4.45. The minimum absolute atomic E-state index is 0.212. The van der Waals surface area contributed by atoms with E-state index in [-0.39, 0.29) is 5.91 Å². The summed E-state index contributed by atoms with van der Waals surface area (Å²) in [7, 11) is 0. The molecule has 0 aromatic heterocycles. The second-order valence-corrected chi connectivity index (χ2v) is 8.02. The van der Waals surface area contributed by atoms with E-state index >= 15 is 0 Å². The van der Waals surface area contributed by atoms with Crippen LogP contribution in [0.4, 0.5) is 0 Å². The molecule has 0 spiro atoms. The third kappa shape index (κ3) is 3.95. The molecule has 1 heterocycles. The normalized spacial score (nSPS) is 27.5. The lowest BCUT2D eigenvalue weighted by molar-refractivity contribution is -0.124. The summed E-state index contributed by atoms with van der Waals surface area (Å²) in [6.45, 7) is 12.2. The van der Waals surface area contributed by atoms with Gasteiger partial charge in [0, 0.05) is 19.1 Å². The van der Waals surface area contributed by atoms with Crippen LogP contribution in [-0.2, 0) is 4.79 Å². The monoisotopic (exact) mass is 281 g/mol. The van der Waals surface area contributed by atoms with Crippen molar-refractivity contribution in [2.75, 3.05) is 19.6 Å². The van der Waals surface area contributed by atoms with Crippen molar-refractivity contribution in [2.45, 2.75) is 65.0 Å². The van der Waals surface area contributed by atoms with E-state index in [2.05, 4.69) is 31.0 Å². The molecular formula is C16H31N3O. The Hall–Kier alpha value is -0.610. The van der Waals surface area contributed by atoms with Crippen LogP contribution in [0.2, 0.25) is 0 Å². The molecule has 1 saturated heterocycles. The van der Waals surface area contributed by atoms with E-state index in [4.69, 9.17) is 5.73 Å². The molecule has 1 amide bonds. The van der Waals surface area contributed by atoms with Gasteiger partial charge in [-0.2, -0.15) is 0 Å². The van der Waals surface area contributed by atoms with Crippen LogP contribution in [0.25, 0.3) is 0 Å². The van der Waals surface area contributed by atoms with Gasteiger partial charge in [-0.1, -0.05) is 20.8 Å². The van der Waals surface area contributed by atoms with E-state index in [1.807, 2.05) is 6.92 Å². The molecular weight excluding hydrogens is 250 g/mol. The molecule has 0 aromatic carbocycles. The SMILES string of the molecule is CC(CCN1CCC(C(C)(C)C)C1)(NC1CC1)C(N)=O. The summed E-state index contributed by atoms with van der Waals surface area (Å²) in [4.78, 5) is 14.2. The van der Waals surface area contributed by atoms with E-state index in [0.717, 1.165) is 32.0 Å². The predicted molar refractivity (Wildman–Crippen MR) is 82.4 cm³/mol. The second-order valence-electron chi connectivity index (χ2n) is 8.02. The summed E-state index contributed by atoms with van der Waals surface area (Å²) in [6.07, 6.45) is 4.44. The molecule has 20 heavy (non-hydrogen) atoms. The van der Waals surface area contributed by atoms with Crippen molar-refractivity contribution in [1.82, 2.24) is 10.2 Å². The number of rotatable bonds is 6. The number of hydrogen-bond acceptors (Lipinski definition) is 3. The second kappa shape index (κ2) is 5.64. The van der Waals surface area contributed by atoms with Crippen LogP contribution in [0, 0.1) is 11.3 Å². The first-order valence-electron chi connectivity index (χ1n) is 8.01. The molecule has 2 rings (SSSR count). The van der Waals surface area contributed by atoms with E-state index < -0.39 is 5.54 Å². The van der Waals surface area contributed by atoms with E-state index in [9.17, 15) is 4.79 Å². The fourth-order valence-corrected chi connectivity index (χ4v) is 3.07. The zero-order valence-electron chi connectivity index (χ0n) is 13.5. The maximum atomic E-state index is 11.8. The minimum Gasteiger partial charge on any atom is -0.368 e. The molecule has 3 N–H and O–H groups in total. The summed E-state index contributed by atoms with van der Waals surface area (Å²) >= 11 is 0. The van der Waals surface area contributed by atoms with Gasteiger partial charge in [-0.3, -0.25) is 4.79 Å². The number of carbonyl (C=O) groups is 1. The van der Waals surface area contributed by atoms with Gasteiger partial charge >= 0.3 is 0 Å². The lowest BCUT2D eigenvalue weighted by atomic mass is 9.80. The first-order valence-corrected chi connectivity index (χ1v) is 8.01. The Labute approximate surface area is 123 Å². The van der Waals surface area contributed by atoms with Crippen LogP contribution in [0.15, 0.2) is 0 Å². The summed E-state index contributed by atoms with van der Waals surface area (Å²) in [6, 6.07) is 0.508. The maximum Gasteiger partial charge on any atom is 0.237 e. The van der Waals surface area contributed by atoms with Crippen LogP contribution >= 0.6 is 0 Å². The van der Waals surface area contributed by atoms with Crippen molar-refractivity contribution in [3.8, 4) is 0 Å². The van der Waals surface area contributed by atoms with Crippen molar-refractivity contribution < 1.29 is 4.79 Å². The third-order valence-electron chi connectivity index (χ3n) is 5.07. The Bertz CT molecular complexity index is 359. The molecule has 2 atom stereocenters. The van der Waals surface area contributed by atoms with Gasteiger partial charge in [-0.05, 0) is 50.5 Å². The lowest BCUT2D eigenvalue weighted by Crippen LogP contribution is -2.55. The van der Waals surface area contributed by atoms with Gasteiger partial charge in [-0.15, -0.1) is 0 Å². The van der Waals surface area contributed by atoms with Crippen molar-refractivity contribution in [1.29, 1.82) is 0 Å². The zero-order chi connectivity index (χ0) is 15.0. The number of hydrogen-bond donors (Lipinski definition) is 2. The molecule has 116 valence electrons. The van der Waals surface area contributed by atoms with E-state index in [0.29, 0.717) is 11.5 Å². The fraction of sp³-hybridized carbons (Fsp3) is 0.938. The molecule has 0 aromatic rings. The van der Waals surface area contributed by atoms with Crippen LogP contribution < -0.4 is 11.1 Å². The largest absolute Gasteiger partial charge is 0.368 e. The summed E-state index contributed by atoms with van der Waals surface area (Å²) in [5.41, 5.74) is 5.45. The molecule has 1 saturated carbocycles. The highest BCUT2D eigenvalue weighted by Gasteiger charge is 2.38. The van der Waals surface area contributed by atoms with Crippen LogP contribution in [0.5, 0.6) is 0 Å². The number of primary amides is 1. The molecule has 4 heteroatoms. The Balaban J connectivity index is 1.83. The predicted octanol–water partition coefficient (Wildman–Crippen LogP) is 1.74. The Morgan fingerprint density at radius 3 is 2.35 bits per heavy atom. The van der Waals surface area contributed by atoms with Gasteiger partial charge in [-0.25, -0.2) is 0 Å². The Morgan fingerprint density at radius 2 is 1.90 bits per heavy atom. The highest BCUT2D eigenvalue weighted by molar-refractivity contribution is 5.84. The average Bonchev–Trinajstić information content (AvgIpc) is 2.99. The molecule has 1 aliphatic heterocycles. The Morgan fingerprint density at radius 1 is 1.25 bits per heavy atom. The zero-order valence-corrected chi connectivity index (χ0v) is 13.5. The number of nitrogens with zero attached hydrogens (tertiary/aromatic N) is 1. The maximum absolute atomic E-state index is 11.8. The quantitative estimate of drug-likeness (QED) is 0.779. The number of carbonyl (C=O) groups excluding carboxylic acids is 1. The fourth-order valence-electron chi connectivity index (χ4n) is 3.07. The molecule has 4 nitrogen and oxygen atoms in total. The summed E-state index contributed by atoms with van der Waals surface area (Å²) in [5.74, 6) is 0.551. The van der Waals surface area contributed by atoms with E-state index in [1.54, 1.807) is 0 Å². The highest BCUT2D eigenvalue weighted by Crippen LogP contribution is 2.34. The number of amides is 1. The number of nitrogens with one attached hydrogen (secondary N) is 1. The van der Waals surface area contributed by atoms with Crippen LogP contribution in [0.1, 0.15) is 53.4 Å². The van der Waals surface area contributed by atoms with Gasteiger partial charge < -0.3 is 16.0 Å². The lowest BCUT2D eigenvalue weighted by Gasteiger charge is -2.31. The van der Waals surface area contributed by atoms with Crippen LogP contribution in [0.3, 0.4) is 0 Å². The first kappa shape index (κ1) is 15.8.